The Balaban J connectivity index is 2.65. The summed E-state index contributed by atoms with van der Waals surface area (Å²) in [6.07, 6.45) is 1.31. The van der Waals surface area contributed by atoms with Crippen molar-refractivity contribution in [2.45, 2.75) is 40.2 Å². The van der Waals surface area contributed by atoms with Crippen LogP contribution in [0.3, 0.4) is 0 Å². The molecule has 0 aromatic heterocycles. The summed E-state index contributed by atoms with van der Waals surface area (Å²) in [6.45, 7) is 15.7. The lowest BCUT2D eigenvalue weighted by Gasteiger charge is -2.31. The van der Waals surface area contributed by atoms with Crippen molar-refractivity contribution in [2.24, 2.45) is 0 Å². The van der Waals surface area contributed by atoms with Gasteiger partial charge in [-0.05, 0) is 20.3 Å². The van der Waals surface area contributed by atoms with Crippen LogP contribution in [-0.2, 0) is 0 Å². The van der Waals surface area contributed by atoms with E-state index in [0.29, 0.717) is 0 Å². The minimum Gasteiger partial charge on any atom is -0.310 e. The second-order valence-corrected chi connectivity index (χ2v) is 4.27. The third-order valence-electron chi connectivity index (χ3n) is 3.82. The van der Waals surface area contributed by atoms with Crippen LogP contribution in [0.15, 0.2) is 0 Å². The van der Waals surface area contributed by atoms with E-state index in [1.54, 1.807) is 0 Å². The first-order chi connectivity index (χ1) is 6.21. The third kappa shape index (κ3) is 2.05. The maximum absolute atomic E-state index is 2.65. The monoisotopic (exact) mass is 185 g/mol. The highest BCUT2D eigenvalue weighted by Gasteiger charge is 2.39. The second-order valence-electron chi connectivity index (χ2n) is 4.27. The summed E-state index contributed by atoms with van der Waals surface area (Å²) < 4.78 is 1.31. The van der Waals surface area contributed by atoms with E-state index in [1.807, 2.05) is 0 Å². The molecule has 1 fully saturated rings. The Bertz CT molecular complexity index is 138. The lowest BCUT2D eigenvalue weighted by atomic mass is 10.2. The van der Waals surface area contributed by atoms with Crippen LogP contribution in [0.4, 0.5) is 0 Å². The van der Waals surface area contributed by atoms with Gasteiger partial charge in [-0.1, -0.05) is 13.8 Å². The van der Waals surface area contributed by atoms with Crippen LogP contribution >= 0.6 is 0 Å². The molecule has 2 heteroatoms. The quantitative estimate of drug-likeness (QED) is 0.605. The molecule has 1 rings (SSSR count). The van der Waals surface area contributed by atoms with Crippen LogP contribution in [0.2, 0.25) is 0 Å². The van der Waals surface area contributed by atoms with Gasteiger partial charge in [0.15, 0.2) is 0 Å². The molecular weight excluding hydrogens is 160 g/mol. The van der Waals surface area contributed by atoms with Crippen molar-refractivity contribution < 1.29 is 4.48 Å². The standard InChI is InChI=1S/C11H25N2/c1-5-11-9-13(7-3,8-4)10-12(11)6-2/h11H,5-10H2,1-4H3/q+1. The van der Waals surface area contributed by atoms with Crippen molar-refractivity contribution in [1.82, 2.24) is 4.90 Å². The van der Waals surface area contributed by atoms with Gasteiger partial charge in [0.1, 0.15) is 6.67 Å². The summed E-state index contributed by atoms with van der Waals surface area (Å²) in [6, 6.07) is 0.838. The Labute approximate surface area is 83.1 Å². The minimum atomic E-state index is 0.838. The summed E-state index contributed by atoms with van der Waals surface area (Å²) in [5, 5.41) is 0. The molecule has 0 amide bonds. The molecule has 0 aromatic carbocycles. The van der Waals surface area contributed by atoms with Gasteiger partial charge in [0.2, 0.25) is 0 Å². The molecule has 78 valence electrons. The predicted molar refractivity (Wildman–Crippen MR) is 57.5 cm³/mol. The normalized spacial score (nSPS) is 28.2. The number of likely N-dealkylation sites (N-methyl/N-ethyl adjacent to an activating group) is 2. The Kier molecular flexibility index (Phi) is 3.74. The fourth-order valence-electron chi connectivity index (χ4n) is 2.55. The van der Waals surface area contributed by atoms with Gasteiger partial charge in [0, 0.05) is 6.54 Å². The minimum absolute atomic E-state index is 0.838. The molecule has 13 heavy (non-hydrogen) atoms. The average molecular weight is 185 g/mol. The van der Waals surface area contributed by atoms with Gasteiger partial charge < -0.3 is 4.48 Å². The SMILES string of the molecule is CCC1C[N+](CC)(CC)CN1CC. The van der Waals surface area contributed by atoms with Crippen LogP contribution in [0.1, 0.15) is 34.1 Å². The largest absolute Gasteiger partial charge is 0.310 e. The van der Waals surface area contributed by atoms with Gasteiger partial charge in [0.25, 0.3) is 0 Å². The van der Waals surface area contributed by atoms with Crippen molar-refractivity contribution in [3.8, 4) is 0 Å². The summed E-state index contributed by atoms with van der Waals surface area (Å²) in [7, 11) is 0. The zero-order valence-electron chi connectivity index (χ0n) is 9.71. The van der Waals surface area contributed by atoms with Gasteiger partial charge in [-0.2, -0.15) is 0 Å². The van der Waals surface area contributed by atoms with E-state index in [0.717, 1.165) is 6.04 Å². The van der Waals surface area contributed by atoms with Crippen molar-refractivity contribution in [2.75, 3.05) is 32.8 Å². The molecule has 0 bridgehead atoms. The molecule has 0 spiro atoms. The maximum Gasteiger partial charge on any atom is 0.135 e. The van der Waals surface area contributed by atoms with Gasteiger partial charge in [-0.3, -0.25) is 0 Å². The highest BCUT2D eigenvalue weighted by Crippen LogP contribution is 2.22. The Morgan fingerprint density at radius 1 is 1.15 bits per heavy atom. The molecule has 1 unspecified atom stereocenters. The summed E-state index contributed by atoms with van der Waals surface area (Å²) in [4.78, 5) is 2.65. The van der Waals surface area contributed by atoms with Crippen LogP contribution < -0.4 is 0 Å². The van der Waals surface area contributed by atoms with Gasteiger partial charge in [-0.25, -0.2) is 4.90 Å². The first kappa shape index (κ1) is 11.0. The predicted octanol–water partition coefficient (Wildman–Crippen LogP) is 1.91. The lowest BCUT2D eigenvalue weighted by molar-refractivity contribution is -0.918. The second kappa shape index (κ2) is 4.43. The maximum atomic E-state index is 2.65. The molecule has 0 N–H and O–H groups in total. The van der Waals surface area contributed by atoms with E-state index in [4.69, 9.17) is 0 Å². The topological polar surface area (TPSA) is 3.24 Å². The van der Waals surface area contributed by atoms with Crippen molar-refractivity contribution in [1.29, 1.82) is 0 Å². The molecule has 1 heterocycles. The summed E-state index contributed by atoms with van der Waals surface area (Å²) in [5.41, 5.74) is 0. The zero-order valence-corrected chi connectivity index (χ0v) is 9.71. The molecule has 0 aromatic rings. The van der Waals surface area contributed by atoms with E-state index in [9.17, 15) is 0 Å². The molecule has 1 aliphatic rings. The van der Waals surface area contributed by atoms with E-state index < -0.39 is 0 Å². The molecule has 1 aliphatic heterocycles. The number of nitrogens with zero attached hydrogens (tertiary/aromatic N) is 2. The fourth-order valence-corrected chi connectivity index (χ4v) is 2.55. The number of hydrogen-bond donors (Lipinski definition) is 0. The molecule has 0 saturated carbocycles. The smallest absolute Gasteiger partial charge is 0.135 e. The van der Waals surface area contributed by atoms with Gasteiger partial charge in [0.05, 0.1) is 25.7 Å². The van der Waals surface area contributed by atoms with Crippen molar-refractivity contribution in [3.05, 3.63) is 0 Å². The zero-order chi connectivity index (χ0) is 9.90. The average Bonchev–Trinajstić information content (AvgIpc) is 2.57. The molecule has 2 nitrogen and oxygen atoms in total. The Hall–Kier alpha value is -0.0800. The van der Waals surface area contributed by atoms with Gasteiger partial charge in [-0.15, -0.1) is 0 Å². The van der Waals surface area contributed by atoms with E-state index in [-0.39, 0.29) is 0 Å². The van der Waals surface area contributed by atoms with Gasteiger partial charge >= 0.3 is 0 Å². The van der Waals surface area contributed by atoms with E-state index in [2.05, 4.69) is 32.6 Å². The number of rotatable bonds is 4. The summed E-state index contributed by atoms with van der Waals surface area (Å²) in [5.74, 6) is 0. The van der Waals surface area contributed by atoms with Crippen LogP contribution in [0, 0.1) is 0 Å². The summed E-state index contributed by atoms with van der Waals surface area (Å²) >= 11 is 0. The highest BCUT2D eigenvalue weighted by atomic mass is 15.5. The van der Waals surface area contributed by atoms with E-state index in [1.165, 1.54) is 43.8 Å². The molecular formula is C11H25N2+. The van der Waals surface area contributed by atoms with Crippen LogP contribution in [0.5, 0.6) is 0 Å². The van der Waals surface area contributed by atoms with Crippen molar-refractivity contribution >= 4 is 0 Å². The number of hydrogen-bond acceptors (Lipinski definition) is 1. The van der Waals surface area contributed by atoms with Crippen molar-refractivity contribution in [3.63, 3.8) is 0 Å². The Morgan fingerprint density at radius 2 is 1.77 bits per heavy atom. The van der Waals surface area contributed by atoms with Crippen LogP contribution in [0.25, 0.3) is 0 Å². The molecule has 1 saturated heterocycles. The lowest BCUT2D eigenvalue weighted by Crippen LogP contribution is -2.46. The highest BCUT2D eigenvalue weighted by molar-refractivity contribution is 4.73. The molecule has 1 atom stereocenters. The van der Waals surface area contributed by atoms with Crippen LogP contribution in [-0.4, -0.2) is 48.3 Å². The molecule has 0 aliphatic carbocycles. The number of quaternary nitrogens is 1. The fraction of sp³-hybridized carbons (Fsp3) is 1.00. The van der Waals surface area contributed by atoms with E-state index >= 15 is 0 Å². The first-order valence-corrected chi connectivity index (χ1v) is 5.80. The first-order valence-electron chi connectivity index (χ1n) is 5.80. The third-order valence-corrected chi connectivity index (χ3v) is 3.82. The molecule has 0 radical (unpaired) electrons. The Morgan fingerprint density at radius 3 is 2.08 bits per heavy atom.